The fraction of sp³-hybridized carbons (Fsp3) is 0.316. The highest BCUT2D eigenvalue weighted by molar-refractivity contribution is 7.89. The van der Waals surface area contributed by atoms with E-state index in [0.717, 1.165) is 37.1 Å². The molecule has 1 fully saturated rings. The van der Waals surface area contributed by atoms with Crippen molar-refractivity contribution in [1.82, 2.24) is 4.31 Å². The SMILES string of the molecule is O=C(Nc1cc(C(F)(F)F)cc(C(F)(F)F)c1)c1ccc(S(=O)(=O)N2CCCC2)cc1. The summed E-state index contributed by atoms with van der Waals surface area (Å²) in [6.45, 7) is 0.753. The van der Waals surface area contributed by atoms with Gasteiger partial charge in [-0.25, -0.2) is 8.42 Å². The minimum atomic E-state index is -5.05. The molecule has 1 N–H and O–H groups in total. The number of alkyl halides is 6. The van der Waals surface area contributed by atoms with Crippen LogP contribution in [-0.4, -0.2) is 31.7 Å². The first-order valence-corrected chi connectivity index (χ1v) is 10.4. The van der Waals surface area contributed by atoms with E-state index in [4.69, 9.17) is 0 Å². The van der Waals surface area contributed by atoms with Crippen LogP contribution in [0.15, 0.2) is 47.4 Å². The van der Waals surface area contributed by atoms with E-state index in [9.17, 15) is 39.6 Å². The molecule has 0 atom stereocenters. The van der Waals surface area contributed by atoms with Crippen LogP contribution in [-0.2, 0) is 22.4 Å². The van der Waals surface area contributed by atoms with Crippen molar-refractivity contribution < 1.29 is 39.6 Å². The molecule has 0 bridgehead atoms. The van der Waals surface area contributed by atoms with Gasteiger partial charge in [0.1, 0.15) is 0 Å². The molecule has 0 saturated carbocycles. The quantitative estimate of drug-likeness (QED) is 0.661. The summed E-state index contributed by atoms with van der Waals surface area (Å²) in [5, 5.41) is 2.00. The van der Waals surface area contributed by atoms with Crippen LogP contribution in [0.5, 0.6) is 0 Å². The van der Waals surface area contributed by atoms with E-state index < -0.39 is 45.1 Å². The molecule has 5 nitrogen and oxygen atoms in total. The summed E-state index contributed by atoms with van der Waals surface area (Å²) in [6, 6.07) is 5.32. The van der Waals surface area contributed by atoms with Crippen LogP contribution in [0.1, 0.15) is 34.3 Å². The van der Waals surface area contributed by atoms with Crippen LogP contribution in [0.25, 0.3) is 0 Å². The molecular weight excluding hydrogens is 450 g/mol. The number of hydrogen-bond acceptors (Lipinski definition) is 3. The summed E-state index contributed by atoms with van der Waals surface area (Å²) in [4.78, 5) is 12.3. The molecule has 3 rings (SSSR count). The van der Waals surface area contributed by atoms with E-state index in [1.54, 1.807) is 0 Å². The largest absolute Gasteiger partial charge is 0.416 e. The maximum atomic E-state index is 12.9. The van der Waals surface area contributed by atoms with E-state index in [-0.39, 0.29) is 16.5 Å². The Bertz CT molecular complexity index is 1040. The van der Waals surface area contributed by atoms with E-state index in [1.807, 2.05) is 5.32 Å². The van der Waals surface area contributed by atoms with Crippen molar-refractivity contribution in [2.75, 3.05) is 18.4 Å². The zero-order valence-electron chi connectivity index (χ0n) is 15.7. The normalized spacial score (nSPS) is 15.8. The number of benzene rings is 2. The van der Waals surface area contributed by atoms with Gasteiger partial charge < -0.3 is 5.32 Å². The number of sulfonamides is 1. The minimum Gasteiger partial charge on any atom is -0.322 e. The number of amides is 1. The highest BCUT2D eigenvalue weighted by Crippen LogP contribution is 2.37. The monoisotopic (exact) mass is 466 g/mol. The third kappa shape index (κ3) is 5.18. The first-order valence-electron chi connectivity index (χ1n) is 8.99. The van der Waals surface area contributed by atoms with Crippen molar-refractivity contribution in [2.24, 2.45) is 0 Å². The van der Waals surface area contributed by atoms with Gasteiger partial charge in [0.05, 0.1) is 16.0 Å². The average molecular weight is 466 g/mol. The number of carbonyl (C=O) groups is 1. The number of carbonyl (C=O) groups excluding carboxylic acids is 1. The van der Waals surface area contributed by atoms with Crippen molar-refractivity contribution >= 4 is 21.6 Å². The Morgan fingerprint density at radius 2 is 1.32 bits per heavy atom. The smallest absolute Gasteiger partial charge is 0.322 e. The topological polar surface area (TPSA) is 66.5 Å². The molecule has 1 heterocycles. The summed E-state index contributed by atoms with van der Waals surface area (Å²) in [6.07, 6.45) is -8.63. The van der Waals surface area contributed by atoms with Gasteiger partial charge in [-0.3, -0.25) is 4.79 Å². The Balaban J connectivity index is 1.84. The lowest BCUT2D eigenvalue weighted by Gasteiger charge is -2.16. The Morgan fingerprint density at radius 1 is 0.839 bits per heavy atom. The fourth-order valence-corrected chi connectivity index (χ4v) is 4.60. The molecule has 12 heteroatoms. The summed E-state index contributed by atoms with van der Waals surface area (Å²) in [5.41, 5.74) is -3.96. The highest BCUT2D eigenvalue weighted by Gasteiger charge is 2.37. The third-order valence-corrected chi connectivity index (χ3v) is 6.58. The summed E-state index contributed by atoms with van der Waals surface area (Å²) >= 11 is 0. The van der Waals surface area contributed by atoms with Crippen molar-refractivity contribution in [2.45, 2.75) is 30.1 Å². The second kappa shape index (κ2) is 8.15. The van der Waals surface area contributed by atoms with Gasteiger partial charge in [0.25, 0.3) is 5.91 Å². The van der Waals surface area contributed by atoms with Gasteiger partial charge in [-0.1, -0.05) is 0 Å². The zero-order chi connectivity index (χ0) is 23.0. The Kier molecular flexibility index (Phi) is 6.07. The molecule has 0 unspecified atom stereocenters. The predicted octanol–water partition coefficient (Wildman–Crippen LogP) is 4.76. The van der Waals surface area contributed by atoms with Crippen molar-refractivity contribution in [1.29, 1.82) is 0 Å². The van der Waals surface area contributed by atoms with Gasteiger partial charge in [-0.05, 0) is 55.3 Å². The van der Waals surface area contributed by atoms with E-state index in [0.29, 0.717) is 25.2 Å². The lowest BCUT2D eigenvalue weighted by atomic mass is 10.1. The standard InChI is InChI=1S/C19H16F6N2O3S/c20-18(21,22)13-9-14(19(23,24)25)11-15(10-13)26-17(28)12-3-5-16(6-4-12)31(29,30)27-7-1-2-8-27/h3-6,9-11H,1-2,7-8H2,(H,26,28). The van der Waals surface area contributed by atoms with Gasteiger partial charge in [-0.2, -0.15) is 30.6 Å². The molecule has 0 spiro atoms. The molecule has 0 aromatic heterocycles. The van der Waals surface area contributed by atoms with Crippen LogP contribution in [0.3, 0.4) is 0 Å². The second-order valence-corrected chi connectivity index (χ2v) is 8.82. The Hall–Kier alpha value is -2.60. The molecule has 1 aliphatic rings. The minimum absolute atomic E-state index is 0.0480. The van der Waals surface area contributed by atoms with Gasteiger partial charge in [-0.15, -0.1) is 0 Å². The predicted molar refractivity (Wildman–Crippen MR) is 98.8 cm³/mol. The molecule has 1 saturated heterocycles. The first kappa shape index (κ1) is 23.1. The van der Waals surface area contributed by atoms with Crippen LogP contribution < -0.4 is 5.32 Å². The second-order valence-electron chi connectivity index (χ2n) is 6.88. The Labute approximate surface area is 173 Å². The van der Waals surface area contributed by atoms with Crippen molar-refractivity contribution in [3.05, 3.63) is 59.2 Å². The maximum absolute atomic E-state index is 12.9. The number of rotatable bonds is 4. The molecule has 0 radical (unpaired) electrons. The van der Waals surface area contributed by atoms with E-state index in [1.165, 1.54) is 4.31 Å². The van der Waals surface area contributed by atoms with Crippen LogP contribution in [0, 0.1) is 0 Å². The molecule has 1 aliphatic heterocycles. The van der Waals surface area contributed by atoms with Gasteiger partial charge in [0.15, 0.2) is 0 Å². The molecule has 0 aliphatic carbocycles. The molecular formula is C19H16F6N2O3S. The van der Waals surface area contributed by atoms with E-state index >= 15 is 0 Å². The Morgan fingerprint density at radius 3 is 1.77 bits per heavy atom. The van der Waals surface area contributed by atoms with E-state index in [2.05, 4.69) is 0 Å². The third-order valence-electron chi connectivity index (χ3n) is 4.66. The van der Waals surface area contributed by atoms with Crippen LogP contribution in [0.4, 0.5) is 32.0 Å². The molecule has 1 amide bonds. The molecule has 168 valence electrons. The first-order chi connectivity index (χ1) is 14.3. The maximum Gasteiger partial charge on any atom is 0.416 e. The van der Waals surface area contributed by atoms with Crippen LogP contribution >= 0.6 is 0 Å². The van der Waals surface area contributed by atoms with Gasteiger partial charge in [0, 0.05) is 24.3 Å². The number of anilines is 1. The number of hydrogen-bond donors (Lipinski definition) is 1. The van der Waals surface area contributed by atoms with Gasteiger partial charge >= 0.3 is 12.4 Å². The summed E-state index contributed by atoms with van der Waals surface area (Å²) in [5.74, 6) is -0.988. The lowest BCUT2D eigenvalue weighted by molar-refractivity contribution is -0.143. The van der Waals surface area contributed by atoms with Crippen molar-refractivity contribution in [3.63, 3.8) is 0 Å². The molecule has 2 aromatic carbocycles. The zero-order valence-corrected chi connectivity index (χ0v) is 16.5. The molecule has 2 aromatic rings. The van der Waals surface area contributed by atoms with Crippen molar-refractivity contribution in [3.8, 4) is 0 Å². The van der Waals surface area contributed by atoms with Crippen LogP contribution in [0.2, 0.25) is 0 Å². The number of nitrogens with one attached hydrogen (secondary N) is 1. The summed E-state index contributed by atoms with van der Waals surface area (Å²) in [7, 11) is -3.73. The highest BCUT2D eigenvalue weighted by atomic mass is 32.2. The number of halogens is 6. The fourth-order valence-electron chi connectivity index (χ4n) is 3.09. The van der Waals surface area contributed by atoms with Gasteiger partial charge in [0.2, 0.25) is 10.0 Å². The average Bonchev–Trinajstić information content (AvgIpc) is 3.22. The molecule has 31 heavy (non-hydrogen) atoms. The summed E-state index contributed by atoms with van der Waals surface area (Å²) < 4.78 is 104. The lowest BCUT2D eigenvalue weighted by Crippen LogP contribution is -2.27. The number of nitrogens with zero attached hydrogens (tertiary/aromatic N) is 1.